The number of ketones is 1. The Morgan fingerprint density at radius 1 is 0.968 bits per heavy atom. The van der Waals surface area contributed by atoms with Crippen LogP contribution in [-0.2, 0) is 65.1 Å². The van der Waals surface area contributed by atoms with Gasteiger partial charge in [0.2, 0.25) is 11.8 Å². The lowest BCUT2D eigenvalue weighted by Gasteiger charge is -2.30. The average Bonchev–Trinajstić information content (AvgIpc) is 3.67. The number of Topliss-reactive ketones (excluding diaryl/α,β-unsaturated/α-hetero) is 1. The van der Waals surface area contributed by atoms with Crippen LogP contribution in [0.15, 0.2) is 12.7 Å². The Morgan fingerprint density at radius 2 is 1.56 bits per heavy atom. The van der Waals surface area contributed by atoms with E-state index in [0.29, 0.717) is 5.75 Å². The van der Waals surface area contributed by atoms with Crippen molar-refractivity contribution in [1.29, 1.82) is 0 Å². The number of aromatic nitrogens is 4. The molecule has 2 aromatic heterocycles. The monoisotopic (exact) mass is 971 g/mol. The SMILES string of the molecule is CC(=O)CC(=O)O.CC(=O)O.CC(=O)SCCNC(=O)CCNC(=O)[C@H](O)C(C)(C)COP(=O)(O)OP(=O)(O)OC[C@H]1O[C@@H](n2cnc3c(N)ncnc32)[C@H](O)[C@@H]1OP(=O)(O)O. The third-order valence-corrected chi connectivity index (χ3v) is 11.1. The first-order chi connectivity index (χ1) is 28.4. The predicted molar refractivity (Wildman–Crippen MR) is 209 cm³/mol. The zero-order valence-corrected chi connectivity index (χ0v) is 36.9. The van der Waals surface area contributed by atoms with E-state index in [-0.39, 0.29) is 53.8 Å². The summed E-state index contributed by atoms with van der Waals surface area (Å²) in [5, 5.41) is 41.3. The maximum atomic E-state index is 12.6. The van der Waals surface area contributed by atoms with E-state index in [4.69, 9.17) is 34.5 Å². The number of aliphatic carboxylic acids is 2. The minimum Gasteiger partial charge on any atom is -0.481 e. The van der Waals surface area contributed by atoms with Crippen molar-refractivity contribution in [2.45, 2.75) is 78.1 Å². The van der Waals surface area contributed by atoms with Gasteiger partial charge in [-0.3, -0.25) is 46.9 Å². The lowest BCUT2D eigenvalue weighted by molar-refractivity contribution is -0.140. The number of aliphatic hydroxyl groups excluding tert-OH is 2. The summed E-state index contributed by atoms with van der Waals surface area (Å²) in [4.78, 5) is 114. The number of phosphoric acid groups is 3. The number of nitrogens with two attached hydrogens (primary N) is 1. The van der Waals surface area contributed by atoms with Crippen molar-refractivity contribution in [2.75, 3.05) is 37.8 Å². The van der Waals surface area contributed by atoms with Crippen LogP contribution in [0.3, 0.4) is 0 Å². The van der Waals surface area contributed by atoms with Crippen LogP contribution in [0, 0.1) is 5.41 Å². The van der Waals surface area contributed by atoms with Gasteiger partial charge in [0.15, 0.2) is 22.8 Å². The summed E-state index contributed by atoms with van der Waals surface area (Å²) in [6.07, 6.45) is -7.24. The Labute approximate surface area is 355 Å². The second-order valence-electron chi connectivity index (χ2n) is 13.2. The van der Waals surface area contributed by atoms with E-state index in [2.05, 4.69) is 34.4 Å². The number of carbonyl (C=O) groups excluding carboxylic acids is 4. The second-order valence-corrected chi connectivity index (χ2v) is 18.7. The predicted octanol–water partition coefficient (Wildman–Crippen LogP) is -1.17. The van der Waals surface area contributed by atoms with Crippen LogP contribution in [-0.4, -0.2) is 151 Å². The van der Waals surface area contributed by atoms with Crippen molar-refractivity contribution < 1.29 is 105 Å². The number of thioether (sulfide) groups is 1. The molecule has 0 aromatic carbocycles. The number of anilines is 1. The summed E-state index contributed by atoms with van der Waals surface area (Å²) in [6.45, 7) is 4.23. The van der Waals surface area contributed by atoms with Gasteiger partial charge in [-0.05, 0) is 6.92 Å². The maximum Gasteiger partial charge on any atom is 0.481 e. The van der Waals surface area contributed by atoms with Gasteiger partial charge in [0, 0.05) is 44.5 Å². The fourth-order valence-electron chi connectivity index (χ4n) is 4.54. The number of imidazole rings is 1. The summed E-state index contributed by atoms with van der Waals surface area (Å²) >= 11 is 1.03. The van der Waals surface area contributed by atoms with E-state index in [0.717, 1.165) is 35.9 Å². The summed E-state index contributed by atoms with van der Waals surface area (Å²) in [7, 11) is -16.4. The van der Waals surface area contributed by atoms with Gasteiger partial charge in [0.05, 0.1) is 19.5 Å². The third-order valence-electron chi connectivity index (χ3n) is 7.21. The first-order valence-electron chi connectivity index (χ1n) is 17.3. The van der Waals surface area contributed by atoms with Crippen molar-refractivity contribution >= 4 is 86.9 Å². The Hall–Kier alpha value is -3.83. The van der Waals surface area contributed by atoms with Crippen LogP contribution in [0.2, 0.25) is 0 Å². The fourth-order valence-corrected chi connectivity index (χ4v) is 7.86. The number of hydrogen-bond acceptors (Lipinski definition) is 21. The number of nitrogens with one attached hydrogen (secondary N) is 2. The van der Waals surface area contributed by atoms with Gasteiger partial charge in [0.25, 0.3) is 5.97 Å². The Kier molecular flexibility index (Phi) is 22.5. The lowest BCUT2D eigenvalue weighted by Crippen LogP contribution is -2.46. The number of carboxylic acids is 2. The molecule has 12 N–H and O–H groups in total. The van der Waals surface area contributed by atoms with E-state index < -0.39 is 96.5 Å². The number of nitrogen functional groups attached to an aromatic ring is 1. The summed E-state index contributed by atoms with van der Waals surface area (Å²) in [5.41, 5.74) is 4.26. The maximum absolute atomic E-state index is 12.6. The molecule has 0 aliphatic carbocycles. The molecule has 1 saturated heterocycles. The number of fused-ring (bicyclic) bond motifs is 1. The van der Waals surface area contributed by atoms with Gasteiger partial charge in [0.1, 0.15) is 48.5 Å². The van der Waals surface area contributed by atoms with Crippen LogP contribution in [0.4, 0.5) is 5.82 Å². The highest BCUT2D eigenvalue weighted by molar-refractivity contribution is 8.13. The summed E-state index contributed by atoms with van der Waals surface area (Å²) < 4.78 is 61.8. The molecule has 3 heterocycles. The normalized spacial score (nSPS) is 19.9. The Morgan fingerprint density at radius 3 is 2.10 bits per heavy atom. The molecule has 2 unspecified atom stereocenters. The first kappa shape index (κ1) is 56.2. The van der Waals surface area contributed by atoms with Gasteiger partial charge in [-0.2, -0.15) is 4.31 Å². The number of ether oxygens (including phenoxy) is 1. The smallest absolute Gasteiger partial charge is 0.481 e. The highest BCUT2D eigenvalue weighted by Gasteiger charge is 2.50. The van der Waals surface area contributed by atoms with Crippen LogP contribution in [0.1, 0.15) is 53.7 Å². The molecule has 352 valence electrons. The van der Waals surface area contributed by atoms with Crippen molar-refractivity contribution in [1.82, 2.24) is 30.2 Å². The minimum atomic E-state index is -5.56. The lowest BCUT2D eigenvalue weighted by atomic mass is 9.87. The zero-order chi connectivity index (χ0) is 47.8. The standard InChI is InChI=1S/C23H38N7O17P3S.C4H6O3.C2H4O2/c1-12(31)51-7-6-25-14(32)4-5-26-21(35)18(34)23(2,3)9-44-50(41,42)47-49(39,40)43-8-13-17(46-48(36,37)38)16(33)22(45-13)30-11-29-15-19(24)27-10-28-20(15)30;1-3(5)2-4(6)7;1-2(3)4/h10-11,13,16-18,22,33-34H,4-9H2,1-3H3,(H,25,32)(H,26,35)(H,39,40)(H,41,42)(H2,24,27,28)(H2,36,37,38);2H2,1H3,(H,6,7);1H3,(H,3,4)/t13-,16-,17-,18+,22-;;/m1../s1. The minimum absolute atomic E-state index is 0.0310. The van der Waals surface area contributed by atoms with Gasteiger partial charge < -0.3 is 61.1 Å². The molecule has 3 rings (SSSR count). The molecule has 7 atom stereocenters. The quantitative estimate of drug-likeness (QED) is 0.0399. The third kappa shape index (κ3) is 21.0. The molecule has 1 aliphatic rings. The van der Waals surface area contributed by atoms with Crippen molar-refractivity contribution in [2.24, 2.45) is 5.41 Å². The number of carbonyl (C=O) groups is 6. The molecule has 0 radical (unpaired) electrons. The molecule has 62 heavy (non-hydrogen) atoms. The van der Waals surface area contributed by atoms with Crippen LogP contribution < -0.4 is 16.4 Å². The zero-order valence-electron chi connectivity index (χ0n) is 33.4. The van der Waals surface area contributed by atoms with E-state index in [1.807, 2.05) is 0 Å². The summed E-state index contributed by atoms with van der Waals surface area (Å²) in [5.74, 6) is -3.29. The number of rotatable bonds is 21. The second kappa shape index (κ2) is 24.9. The largest absolute Gasteiger partial charge is 0.481 e. The first-order valence-corrected chi connectivity index (χ1v) is 22.8. The molecule has 2 amide bonds. The van der Waals surface area contributed by atoms with Crippen molar-refractivity contribution in [3.8, 4) is 0 Å². The van der Waals surface area contributed by atoms with Crippen LogP contribution in [0.5, 0.6) is 0 Å². The van der Waals surface area contributed by atoms with Gasteiger partial charge >= 0.3 is 29.4 Å². The molecule has 0 bridgehead atoms. The van der Waals surface area contributed by atoms with Gasteiger partial charge in [-0.25, -0.2) is 28.6 Å². The van der Waals surface area contributed by atoms with E-state index in [9.17, 15) is 67.5 Å². The Balaban J connectivity index is 0.00000154. The fraction of sp³-hybridized carbons (Fsp3) is 0.621. The topological polar surface area (TPSA) is 455 Å². The molecular formula is C29H48N7O22P3S. The number of amides is 2. The number of hydrogen-bond donors (Lipinski definition) is 11. The molecule has 1 fully saturated rings. The molecule has 0 spiro atoms. The Bertz CT molecular complexity index is 2020. The highest BCUT2D eigenvalue weighted by atomic mass is 32.2. The highest BCUT2D eigenvalue weighted by Crippen LogP contribution is 2.61. The van der Waals surface area contributed by atoms with Gasteiger partial charge in [-0.1, -0.05) is 25.6 Å². The molecule has 33 heteroatoms. The molecular weight excluding hydrogens is 923 g/mol. The van der Waals surface area contributed by atoms with E-state index in [1.165, 1.54) is 27.7 Å². The molecule has 2 aromatic rings. The number of phosphoric ester groups is 3. The van der Waals surface area contributed by atoms with E-state index >= 15 is 0 Å². The van der Waals surface area contributed by atoms with Crippen molar-refractivity contribution in [3.63, 3.8) is 0 Å². The number of nitrogens with zero attached hydrogens (tertiary/aromatic N) is 4. The van der Waals surface area contributed by atoms with Crippen LogP contribution in [0.25, 0.3) is 11.2 Å². The molecule has 29 nitrogen and oxygen atoms in total. The number of aliphatic hydroxyl groups is 2. The van der Waals surface area contributed by atoms with Crippen LogP contribution >= 0.6 is 35.2 Å². The van der Waals surface area contributed by atoms with Crippen molar-refractivity contribution in [3.05, 3.63) is 12.7 Å². The van der Waals surface area contributed by atoms with Gasteiger partial charge in [-0.15, -0.1) is 0 Å². The number of carboxylic acid groups (broad SMARTS) is 2. The molecule has 1 aliphatic heterocycles. The average molecular weight is 972 g/mol. The summed E-state index contributed by atoms with van der Waals surface area (Å²) in [6, 6.07) is 0. The van der Waals surface area contributed by atoms with E-state index in [1.54, 1.807) is 0 Å². The molecule has 0 saturated carbocycles.